The number of carbonyl (C=O) groups is 3. The molecule has 0 N–H and O–H groups in total. The first kappa shape index (κ1) is 35.5. The quantitative estimate of drug-likeness (QED) is 0.137. The summed E-state index contributed by atoms with van der Waals surface area (Å²) in [4.78, 5) is 44.0. The van der Waals surface area contributed by atoms with Crippen LogP contribution in [0.4, 0.5) is 9.59 Å². The normalized spacial score (nSPS) is 16.3. The van der Waals surface area contributed by atoms with Gasteiger partial charge in [0.15, 0.2) is 0 Å². The van der Waals surface area contributed by atoms with Crippen molar-refractivity contribution in [3.05, 3.63) is 30.1 Å². The van der Waals surface area contributed by atoms with E-state index >= 15 is 0 Å². The lowest BCUT2D eigenvalue weighted by molar-refractivity contribution is -0.128. The maximum atomic E-state index is 12.6. The van der Waals surface area contributed by atoms with Gasteiger partial charge in [-0.05, 0) is 31.9 Å². The van der Waals surface area contributed by atoms with Crippen molar-refractivity contribution in [3.63, 3.8) is 0 Å². The van der Waals surface area contributed by atoms with Crippen molar-refractivity contribution >= 4 is 18.1 Å². The summed E-state index contributed by atoms with van der Waals surface area (Å²) in [6.07, 6.45) is 17.8. The number of carbonyl (C=O) groups excluding carboxylic acids is 3. The van der Waals surface area contributed by atoms with Crippen LogP contribution >= 0.6 is 0 Å². The first-order chi connectivity index (χ1) is 20.4. The number of hydrogen-bond donors (Lipinski definition) is 0. The zero-order valence-electron chi connectivity index (χ0n) is 26.4. The molecule has 42 heavy (non-hydrogen) atoms. The van der Waals surface area contributed by atoms with Crippen LogP contribution in [0.3, 0.4) is 0 Å². The smallest absolute Gasteiger partial charge is 0.416 e. The van der Waals surface area contributed by atoms with Crippen molar-refractivity contribution in [1.82, 2.24) is 14.8 Å². The molecule has 0 bridgehead atoms. The zero-order valence-corrected chi connectivity index (χ0v) is 26.4. The van der Waals surface area contributed by atoms with Crippen molar-refractivity contribution in [1.29, 1.82) is 0 Å². The summed E-state index contributed by atoms with van der Waals surface area (Å²) >= 11 is 0. The summed E-state index contributed by atoms with van der Waals surface area (Å²) in [7, 11) is 0. The van der Waals surface area contributed by atoms with E-state index in [4.69, 9.17) is 14.2 Å². The monoisotopic (exact) mass is 589 g/mol. The Morgan fingerprint density at radius 2 is 1.48 bits per heavy atom. The maximum Gasteiger partial charge on any atom is 0.416 e. The number of ether oxygens (including phenoxy) is 3. The number of unbranched alkanes of at least 4 members (excludes halogenated alkanes) is 12. The second kappa shape index (κ2) is 21.9. The number of pyridine rings is 1. The summed E-state index contributed by atoms with van der Waals surface area (Å²) in [5.41, 5.74) is 0.596. The van der Waals surface area contributed by atoms with Gasteiger partial charge in [0.2, 0.25) is 5.91 Å². The Bertz CT molecular complexity index is 884. The molecule has 2 heterocycles. The minimum absolute atomic E-state index is 0.0371. The molecule has 2 rings (SSSR count). The van der Waals surface area contributed by atoms with Crippen molar-refractivity contribution < 1.29 is 28.6 Å². The Kier molecular flexibility index (Phi) is 18.6. The Hall–Kier alpha value is -2.68. The highest BCUT2D eigenvalue weighted by molar-refractivity contribution is 5.90. The van der Waals surface area contributed by atoms with Crippen LogP contribution in [0.25, 0.3) is 0 Å². The van der Waals surface area contributed by atoms with E-state index in [-0.39, 0.29) is 37.9 Å². The van der Waals surface area contributed by atoms with Crippen LogP contribution in [0.1, 0.15) is 116 Å². The predicted octanol–water partition coefficient (Wildman–Crippen LogP) is 7.52. The van der Waals surface area contributed by atoms with E-state index in [1.165, 1.54) is 77.6 Å². The van der Waals surface area contributed by atoms with Crippen LogP contribution < -0.4 is 0 Å². The van der Waals surface area contributed by atoms with Crippen LogP contribution in [-0.2, 0) is 25.5 Å². The molecule has 0 unspecified atom stereocenters. The van der Waals surface area contributed by atoms with Gasteiger partial charge in [-0.15, -0.1) is 0 Å². The average molecular weight is 590 g/mol. The van der Waals surface area contributed by atoms with Gasteiger partial charge in [-0.2, -0.15) is 0 Å². The van der Waals surface area contributed by atoms with Crippen molar-refractivity contribution in [2.24, 2.45) is 5.92 Å². The fourth-order valence-corrected chi connectivity index (χ4v) is 5.19. The molecule has 3 amide bonds. The lowest BCUT2D eigenvalue weighted by Crippen LogP contribution is -2.36. The molecule has 0 aromatic carbocycles. The number of aromatic nitrogens is 1. The van der Waals surface area contributed by atoms with Gasteiger partial charge in [-0.3, -0.25) is 9.78 Å². The van der Waals surface area contributed by atoms with Crippen molar-refractivity contribution in [2.75, 3.05) is 32.9 Å². The van der Waals surface area contributed by atoms with Gasteiger partial charge in [0.05, 0.1) is 31.6 Å². The molecule has 0 aliphatic carbocycles. The Labute approximate surface area is 253 Å². The molecule has 9 heteroatoms. The van der Waals surface area contributed by atoms with Crippen molar-refractivity contribution in [3.8, 4) is 0 Å². The van der Waals surface area contributed by atoms with E-state index in [0.29, 0.717) is 25.3 Å². The molecular formula is C33H55N3O6. The summed E-state index contributed by atoms with van der Waals surface area (Å²) in [5.74, 6) is -0.368. The number of nitrogens with zero attached hydrogens (tertiary/aromatic N) is 3. The first-order valence-corrected chi connectivity index (χ1v) is 16.3. The van der Waals surface area contributed by atoms with E-state index in [2.05, 4.69) is 11.9 Å². The standard InChI is InChI=1S/C33H55N3O6/c1-4-6-7-8-9-10-11-12-13-14-15-16-19-22-35(5-2)32(38)41-26-29-23-31(40-25-29)27-42-33(39)36(28(3)37)24-30-20-17-18-21-34-30/h17-18,20-21,29,31H,4-16,19,22-27H2,1-3H3/t29-,31+/m1/s1. The van der Waals surface area contributed by atoms with E-state index in [9.17, 15) is 14.4 Å². The second-order valence-electron chi connectivity index (χ2n) is 11.5. The zero-order chi connectivity index (χ0) is 30.4. The molecule has 1 aromatic rings. The van der Waals surface area contributed by atoms with E-state index in [1.54, 1.807) is 29.3 Å². The minimum Gasteiger partial charge on any atom is -0.449 e. The molecule has 1 aliphatic heterocycles. The number of imide groups is 1. The highest BCUT2D eigenvalue weighted by atomic mass is 16.6. The second-order valence-corrected chi connectivity index (χ2v) is 11.5. The Morgan fingerprint density at radius 1 is 0.857 bits per heavy atom. The van der Waals surface area contributed by atoms with E-state index in [1.807, 2.05) is 6.92 Å². The summed E-state index contributed by atoms with van der Waals surface area (Å²) in [5, 5.41) is 0. The van der Waals surface area contributed by atoms with Crippen LogP contribution in [0.5, 0.6) is 0 Å². The molecule has 2 atom stereocenters. The summed E-state index contributed by atoms with van der Waals surface area (Å²) < 4.78 is 16.7. The highest BCUT2D eigenvalue weighted by Gasteiger charge is 2.29. The fourth-order valence-electron chi connectivity index (χ4n) is 5.19. The van der Waals surface area contributed by atoms with Crippen molar-refractivity contribution in [2.45, 2.75) is 123 Å². The largest absolute Gasteiger partial charge is 0.449 e. The summed E-state index contributed by atoms with van der Waals surface area (Å²) in [6, 6.07) is 5.31. The molecule has 9 nitrogen and oxygen atoms in total. The molecule has 0 radical (unpaired) electrons. The molecular weight excluding hydrogens is 534 g/mol. The number of amides is 3. The van der Waals surface area contributed by atoms with E-state index < -0.39 is 12.0 Å². The maximum absolute atomic E-state index is 12.6. The molecule has 0 spiro atoms. The van der Waals surface area contributed by atoms with Crippen LogP contribution in [0.15, 0.2) is 24.4 Å². The molecule has 1 aliphatic rings. The average Bonchev–Trinajstić information content (AvgIpc) is 3.46. The van der Waals surface area contributed by atoms with Gasteiger partial charge in [-0.25, -0.2) is 14.5 Å². The van der Waals surface area contributed by atoms with Gasteiger partial charge < -0.3 is 19.1 Å². The lowest BCUT2D eigenvalue weighted by atomic mass is 10.0. The minimum atomic E-state index is -0.724. The van der Waals surface area contributed by atoms with Crippen LogP contribution in [-0.4, -0.2) is 71.9 Å². The number of hydrogen-bond acceptors (Lipinski definition) is 7. The van der Waals surface area contributed by atoms with Gasteiger partial charge >= 0.3 is 12.2 Å². The van der Waals surface area contributed by atoms with Gasteiger partial charge in [0.25, 0.3) is 0 Å². The topological polar surface area (TPSA) is 98.3 Å². The third-order valence-electron chi connectivity index (χ3n) is 7.82. The molecule has 1 fully saturated rings. The highest BCUT2D eigenvalue weighted by Crippen LogP contribution is 2.21. The molecule has 1 saturated heterocycles. The first-order valence-electron chi connectivity index (χ1n) is 16.3. The third kappa shape index (κ3) is 15.0. The molecule has 1 aromatic heterocycles. The SMILES string of the molecule is CCCCCCCCCCCCCCCN(CC)C(=O)OC[C@H]1CO[C@H](COC(=O)N(Cc2ccccn2)C(C)=O)C1. The molecule has 0 saturated carbocycles. The van der Waals surface area contributed by atoms with Gasteiger partial charge in [0.1, 0.15) is 6.61 Å². The number of rotatable bonds is 21. The Morgan fingerprint density at radius 3 is 2.05 bits per heavy atom. The fraction of sp³-hybridized carbons (Fsp3) is 0.758. The van der Waals surface area contributed by atoms with Crippen LogP contribution in [0.2, 0.25) is 0 Å². The third-order valence-corrected chi connectivity index (χ3v) is 7.82. The lowest BCUT2D eigenvalue weighted by Gasteiger charge is -2.21. The summed E-state index contributed by atoms with van der Waals surface area (Å²) in [6.45, 7) is 7.70. The Balaban J connectivity index is 1.53. The predicted molar refractivity (Wildman–Crippen MR) is 164 cm³/mol. The molecule has 238 valence electrons. The van der Waals surface area contributed by atoms with Crippen LogP contribution in [0, 0.1) is 5.92 Å². The van der Waals surface area contributed by atoms with E-state index in [0.717, 1.165) is 24.3 Å². The van der Waals surface area contributed by atoms with Gasteiger partial charge in [0, 0.05) is 32.1 Å². The van der Waals surface area contributed by atoms with Gasteiger partial charge in [-0.1, -0.05) is 90.0 Å².